The Morgan fingerprint density at radius 3 is 2.07 bits per heavy atom. The highest BCUT2D eigenvalue weighted by molar-refractivity contribution is 5.98. The Morgan fingerprint density at radius 1 is 0.893 bits per heavy atom. The second-order valence-corrected chi connectivity index (χ2v) is 8.14. The van der Waals surface area contributed by atoms with Crippen LogP contribution in [0.15, 0.2) is 24.3 Å². The van der Waals surface area contributed by atoms with Crippen molar-refractivity contribution in [2.75, 3.05) is 26.3 Å². The number of carbonyl (C=O) groups is 2. The number of amides is 2. The van der Waals surface area contributed by atoms with Gasteiger partial charge in [0.1, 0.15) is 0 Å². The summed E-state index contributed by atoms with van der Waals surface area (Å²) >= 11 is 0. The first-order chi connectivity index (χ1) is 13.7. The summed E-state index contributed by atoms with van der Waals surface area (Å²) in [5.41, 5.74) is 1.24. The highest BCUT2D eigenvalue weighted by Gasteiger charge is 2.40. The van der Waals surface area contributed by atoms with Crippen LogP contribution in [0.3, 0.4) is 0 Å². The van der Waals surface area contributed by atoms with Crippen molar-refractivity contribution in [3.8, 4) is 0 Å². The monoisotopic (exact) mass is 386 g/mol. The van der Waals surface area contributed by atoms with Gasteiger partial charge in [-0.3, -0.25) is 9.59 Å². The zero-order chi connectivity index (χ0) is 19.4. The molecule has 2 aliphatic heterocycles. The molecule has 28 heavy (non-hydrogen) atoms. The van der Waals surface area contributed by atoms with Crippen LogP contribution in [-0.2, 0) is 9.47 Å². The molecule has 6 nitrogen and oxygen atoms in total. The summed E-state index contributed by atoms with van der Waals surface area (Å²) in [7, 11) is 0. The quantitative estimate of drug-likeness (QED) is 0.811. The number of hydrogen-bond donors (Lipinski definition) is 1. The van der Waals surface area contributed by atoms with Gasteiger partial charge in [0, 0.05) is 43.1 Å². The number of nitrogens with one attached hydrogen (secondary N) is 1. The molecule has 2 amide bonds. The third-order valence-electron chi connectivity index (χ3n) is 6.21. The van der Waals surface area contributed by atoms with E-state index < -0.39 is 5.79 Å². The van der Waals surface area contributed by atoms with Gasteiger partial charge in [0.05, 0.1) is 13.2 Å². The van der Waals surface area contributed by atoms with Crippen LogP contribution in [0.4, 0.5) is 0 Å². The number of hydrogen-bond acceptors (Lipinski definition) is 4. The maximum atomic E-state index is 12.8. The van der Waals surface area contributed by atoms with Gasteiger partial charge in [-0.25, -0.2) is 0 Å². The molecule has 1 aromatic rings. The minimum absolute atomic E-state index is 0.00331. The fourth-order valence-electron chi connectivity index (χ4n) is 4.48. The SMILES string of the molecule is O=C(NC1CCCCCC1)c1ccc(C(=O)N2CCC3(CC2)OCCO3)cc1. The molecule has 6 heteroatoms. The minimum atomic E-state index is -0.475. The molecule has 3 fully saturated rings. The zero-order valence-electron chi connectivity index (χ0n) is 16.5. The first kappa shape index (κ1) is 19.4. The second kappa shape index (κ2) is 8.62. The van der Waals surface area contributed by atoms with E-state index in [-0.39, 0.29) is 17.9 Å². The number of benzene rings is 1. The van der Waals surface area contributed by atoms with Crippen LogP contribution in [0.25, 0.3) is 0 Å². The van der Waals surface area contributed by atoms with Gasteiger partial charge in [-0.05, 0) is 37.1 Å². The molecule has 0 radical (unpaired) electrons. The molecular formula is C22H30N2O4. The van der Waals surface area contributed by atoms with Crippen molar-refractivity contribution >= 4 is 11.8 Å². The summed E-state index contributed by atoms with van der Waals surface area (Å²) in [6, 6.07) is 7.31. The number of ether oxygens (including phenoxy) is 2. The van der Waals surface area contributed by atoms with Crippen molar-refractivity contribution in [1.82, 2.24) is 10.2 Å². The highest BCUT2D eigenvalue weighted by atomic mass is 16.7. The number of likely N-dealkylation sites (tertiary alicyclic amines) is 1. The van der Waals surface area contributed by atoms with E-state index in [0.717, 1.165) is 12.8 Å². The topological polar surface area (TPSA) is 67.9 Å². The lowest BCUT2D eigenvalue weighted by Crippen LogP contribution is -2.47. The van der Waals surface area contributed by atoms with Crippen LogP contribution in [-0.4, -0.2) is 54.8 Å². The van der Waals surface area contributed by atoms with Crippen molar-refractivity contribution < 1.29 is 19.1 Å². The van der Waals surface area contributed by atoms with Crippen LogP contribution in [0.5, 0.6) is 0 Å². The Hall–Kier alpha value is -1.92. The van der Waals surface area contributed by atoms with E-state index in [2.05, 4.69) is 5.32 Å². The zero-order valence-corrected chi connectivity index (χ0v) is 16.5. The number of carbonyl (C=O) groups excluding carboxylic acids is 2. The standard InChI is InChI=1S/C22H30N2O4/c25-20(23-19-5-3-1-2-4-6-19)17-7-9-18(10-8-17)21(26)24-13-11-22(12-14-24)27-15-16-28-22/h7-10,19H,1-6,11-16H2,(H,23,25). The van der Waals surface area contributed by atoms with Crippen molar-refractivity contribution in [2.24, 2.45) is 0 Å². The van der Waals surface area contributed by atoms with Gasteiger partial charge in [0.15, 0.2) is 5.79 Å². The van der Waals surface area contributed by atoms with E-state index in [1.54, 1.807) is 24.3 Å². The normalized spacial score (nSPS) is 22.8. The van der Waals surface area contributed by atoms with Crippen molar-refractivity contribution in [1.29, 1.82) is 0 Å². The van der Waals surface area contributed by atoms with Crippen molar-refractivity contribution in [2.45, 2.75) is 63.2 Å². The lowest BCUT2D eigenvalue weighted by atomic mass is 10.0. The maximum absolute atomic E-state index is 12.8. The molecular weight excluding hydrogens is 356 g/mol. The van der Waals surface area contributed by atoms with Crippen LogP contribution in [0.1, 0.15) is 72.1 Å². The van der Waals surface area contributed by atoms with Crippen LogP contribution in [0.2, 0.25) is 0 Å². The van der Waals surface area contributed by atoms with Gasteiger partial charge >= 0.3 is 0 Å². The summed E-state index contributed by atoms with van der Waals surface area (Å²) in [6.45, 7) is 2.53. The van der Waals surface area contributed by atoms with Gasteiger partial charge in [0.2, 0.25) is 0 Å². The van der Waals surface area contributed by atoms with Crippen molar-refractivity contribution in [3.63, 3.8) is 0 Å². The van der Waals surface area contributed by atoms with Gasteiger partial charge in [-0.15, -0.1) is 0 Å². The summed E-state index contributed by atoms with van der Waals surface area (Å²) in [5.74, 6) is -0.513. The van der Waals surface area contributed by atoms with E-state index in [1.165, 1.54) is 25.7 Å². The van der Waals surface area contributed by atoms with E-state index in [4.69, 9.17) is 9.47 Å². The third-order valence-corrected chi connectivity index (χ3v) is 6.21. The van der Waals surface area contributed by atoms with Gasteiger partial charge in [0.25, 0.3) is 11.8 Å². The first-order valence-corrected chi connectivity index (χ1v) is 10.6. The smallest absolute Gasteiger partial charge is 0.253 e. The highest BCUT2D eigenvalue weighted by Crippen LogP contribution is 2.31. The van der Waals surface area contributed by atoms with Gasteiger partial charge in [-0.2, -0.15) is 0 Å². The second-order valence-electron chi connectivity index (χ2n) is 8.14. The summed E-state index contributed by atoms with van der Waals surface area (Å²) in [5, 5.41) is 3.15. The van der Waals surface area contributed by atoms with E-state index in [0.29, 0.717) is 50.3 Å². The fraction of sp³-hybridized carbons (Fsp3) is 0.636. The molecule has 1 saturated carbocycles. The predicted octanol–water partition coefficient (Wildman–Crippen LogP) is 3.12. The maximum Gasteiger partial charge on any atom is 0.253 e. The van der Waals surface area contributed by atoms with Crippen LogP contribution >= 0.6 is 0 Å². The minimum Gasteiger partial charge on any atom is -0.349 e. The molecule has 0 unspecified atom stereocenters. The summed E-state index contributed by atoms with van der Waals surface area (Å²) < 4.78 is 11.4. The van der Waals surface area contributed by atoms with Crippen LogP contribution in [0, 0.1) is 0 Å². The Balaban J connectivity index is 1.32. The molecule has 1 spiro atoms. The molecule has 152 valence electrons. The molecule has 2 heterocycles. The largest absolute Gasteiger partial charge is 0.349 e. The molecule has 0 aromatic heterocycles. The van der Waals surface area contributed by atoms with E-state index in [9.17, 15) is 9.59 Å². The lowest BCUT2D eigenvalue weighted by Gasteiger charge is -2.37. The first-order valence-electron chi connectivity index (χ1n) is 10.6. The average molecular weight is 386 g/mol. The average Bonchev–Trinajstić information content (AvgIpc) is 3.02. The molecule has 1 aliphatic carbocycles. The number of nitrogens with zero attached hydrogens (tertiary/aromatic N) is 1. The fourth-order valence-corrected chi connectivity index (χ4v) is 4.48. The van der Waals surface area contributed by atoms with Crippen molar-refractivity contribution in [3.05, 3.63) is 35.4 Å². The number of piperidine rings is 1. The molecule has 1 aromatic carbocycles. The molecule has 0 bridgehead atoms. The Morgan fingerprint density at radius 2 is 1.46 bits per heavy atom. The molecule has 3 aliphatic rings. The third kappa shape index (κ3) is 4.39. The van der Waals surface area contributed by atoms with Gasteiger partial charge in [-0.1, -0.05) is 25.7 Å². The summed E-state index contributed by atoms with van der Waals surface area (Å²) in [4.78, 5) is 27.1. The lowest BCUT2D eigenvalue weighted by molar-refractivity contribution is -0.181. The van der Waals surface area contributed by atoms with E-state index in [1.807, 2.05) is 4.90 Å². The molecule has 4 rings (SSSR count). The van der Waals surface area contributed by atoms with Crippen LogP contribution < -0.4 is 5.32 Å². The predicted molar refractivity (Wildman–Crippen MR) is 105 cm³/mol. The Labute approximate surface area is 166 Å². The number of rotatable bonds is 3. The Bertz CT molecular complexity index is 679. The molecule has 1 N–H and O–H groups in total. The molecule has 2 saturated heterocycles. The molecule has 0 atom stereocenters. The summed E-state index contributed by atoms with van der Waals surface area (Å²) in [6.07, 6.45) is 8.44. The van der Waals surface area contributed by atoms with Gasteiger partial charge < -0.3 is 19.7 Å². The Kier molecular flexibility index (Phi) is 5.97. The van der Waals surface area contributed by atoms with E-state index >= 15 is 0 Å².